The van der Waals surface area contributed by atoms with Gasteiger partial charge in [-0.2, -0.15) is 0 Å². The molecule has 49 heavy (non-hydrogen) atoms. The van der Waals surface area contributed by atoms with Crippen molar-refractivity contribution < 1.29 is 22.7 Å². The summed E-state index contributed by atoms with van der Waals surface area (Å²) < 4.78 is 34.2. The second-order valence-electron chi connectivity index (χ2n) is 11.9. The molecule has 0 aromatic heterocycles. The minimum atomic E-state index is -3.82. The minimum Gasteiger partial charge on any atom is -0.449 e. The van der Waals surface area contributed by atoms with Gasteiger partial charge in [0.1, 0.15) is 0 Å². The Bertz CT molecular complexity index is 1390. The highest BCUT2D eigenvalue weighted by molar-refractivity contribution is 8.78. The fourth-order valence-electron chi connectivity index (χ4n) is 5.25. The lowest BCUT2D eigenvalue weighted by atomic mass is 10.1. The van der Waals surface area contributed by atoms with Crippen LogP contribution in [-0.4, -0.2) is 78.5 Å². The second-order valence-corrected chi connectivity index (χ2v) is 16.2. The quantitative estimate of drug-likeness (QED) is 0.0502. The summed E-state index contributed by atoms with van der Waals surface area (Å²) in [5, 5.41) is 4.08. The molecule has 278 valence electrons. The van der Waals surface area contributed by atoms with Crippen LogP contribution in [0.15, 0.2) is 51.9 Å². The maximum atomic E-state index is 13.1. The first-order valence-corrected chi connectivity index (χ1v) is 21.0. The van der Waals surface area contributed by atoms with Crippen LogP contribution in [0.1, 0.15) is 84.5 Å². The Labute approximate surface area is 309 Å². The van der Waals surface area contributed by atoms with Crippen LogP contribution >= 0.6 is 34.0 Å². The summed E-state index contributed by atoms with van der Waals surface area (Å²) in [5.41, 5.74) is 7.43. The largest absolute Gasteiger partial charge is 0.449 e. The number of fused-ring (bicyclic) bond motifs is 1. The number of hydrogen-bond acceptors (Lipinski definition) is 9. The van der Waals surface area contributed by atoms with Gasteiger partial charge in [0.05, 0.1) is 11.5 Å². The number of benzene rings is 2. The highest BCUT2D eigenvalue weighted by Crippen LogP contribution is 2.36. The summed E-state index contributed by atoms with van der Waals surface area (Å²) in [5.74, 6) is 1.00. The fourth-order valence-corrected chi connectivity index (χ4v) is 9.09. The highest BCUT2D eigenvalue weighted by atomic mass is 35.5. The lowest BCUT2D eigenvalue weighted by Crippen LogP contribution is -2.35. The van der Waals surface area contributed by atoms with E-state index in [-0.39, 0.29) is 37.0 Å². The van der Waals surface area contributed by atoms with Crippen molar-refractivity contribution in [2.45, 2.75) is 89.4 Å². The average molecular weight is 761 g/mol. The van der Waals surface area contributed by atoms with Crippen molar-refractivity contribution in [1.29, 1.82) is 0 Å². The number of hydrogen-bond donors (Lipinski definition) is 3. The zero-order valence-electron chi connectivity index (χ0n) is 29.7. The van der Waals surface area contributed by atoms with E-state index in [4.69, 9.17) is 10.5 Å². The molecule has 0 spiro atoms. The molecular weight excluding hydrogens is 702 g/mol. The van der Waals surface area contributed by atoms with Crippen LogP contribution in [0.2, 0.25) is 0 Å². The number of amides is 2. The molecule has 14 heteroatoms. The number of ether oxygens (including phenoxy) is 1. The van der Waals surface area contributed by atoms with Crippen molar-refractivity contribution in [2.75, 3.05) is 57.5 Å². The summed E-state index contributed by atoms with van der Waals surface area (Å²) in [6.07, 6.45) is 13.5. The molecule has 0 aliphatic carbocycles. The van der Waals surface area contributed by atoms with Crippen molar-refractivity contribution in [2.24, 2.45) is 5.73 Å². The van der Waals surface area contributed by atoms with E-state index in [1.807, 2.05) is 44.1 Å². The summed E-state index contributed by atoms with van der Waals surface area (Å²) in [4.78, 5) is 28.8. The maximum Gasteiger partial charge on any atom is 0.407 e. The molecule has 0 radical (unpaired) electrons. The number of sulfonamides is 1. The number of carbonyl (C=O) groups is 2. The summed E-state index contributed by atoms with van der Waals surface area (Å²) >= 11 is 0. The van der Waals surface area contributed by atoms with E-state index in [0.29, 0.717) is 24.9 Å². The molecule has 0 fully saturated rings. The van der Waals surface area contributed by atoms with Crippen LogP contribution in [0, 0.1) is 0 Å². The molecule has 10 nitrogen and oxygen atoms in total. The number of halogens is 1. The maximum absolute atomic E-state index is 13.1. The van der Waals surface area contributed by atoms with E-state index in [9.17, 15) is 18.0 Å². The number of allylic oxidation sites excluding steroid dienone is 1. The highest BCUT2D eigenvalue weighted by Gasteiger charge is 2.18. The van der Waals surface area contributed by atoms with Crippen LogP contribution in [-0.2, 0) is 19.6 Å². The standard InChI is InChI=1S/C35H57N5O5S3.ClH/c1-5-6-7-8-9-10-11-12-13-14-27-46-47-33(29(2)40(28-41)25-22-36)21-26-45-35(42)37-23-24-38-48(43,44)34-20-16-17-30-31(34)18-15-19-32(30)39(3)4;/h15-20,28,38H,5-14,21-27,36H2,1-4H3,(H,37,42);1H/b33-29-;. The van der Waals surface area contributed by atoms with Gasteiger partial charge in [0.15, 0.2) is 0 Å². The number of nitrogens with zero attached hydrogens (tertiary/aromatic N) is 2. The smallest absolute Gasteiger partial charge is 0.407 e. The minimum absolute atomic E-state index is 0. The Morgan fingerprint density at radius 1 is 0.939 bits per heavy atom. The van der Waals surface area contributed by atoms with Crippen molar-refractivity contribution >= 4 is 73.0 Å². The van der Waals surface area contributed by atoms with E-state index in [2.05, 4.69) is 17.0 Å². The lowest BCUT2D eigenvalue weighted by molar-refractivity contribution is -0.116. The molecule has 0 saturated heterocycles. The normalized spacial score (nSPS) is 11.9. The second kappa shape index (κ2) is 25.7. The van der Waals surface area contributed by atoms with Gasteiger partial charge in [0, 0.05) is 79.5 Å². The molecule has 2 rings (SSSR count). The third-order valence-corrected chi connectivity index (χ3v) is 12.2. The molecule has 0 heterocycles. The Kier molecular flexibility index (Phi) is 23.6. The SMILES string of the molecule is CCCCCCCCCCCCSS/C(CCOC(=O)NCCNS(=O)(=O)c1cccc2c(N(C)C)cccc12)=C(/C)N(C=O)CCN.Cl. The van der Waals surface area contributed by atoms with Crippen molar-refractivity contribution in [3.05, 3.63) is 47.0 Å². The Balaban J connectivity index is 0.0000120. The van der Waals surface area contributed by atoms with Crippen molar-refractivity contribution in [3.8, 4) is 0 Å². The van der Waals surface area contributed by atoms with Crippen molar-refractivity contribution in [1.82, 2.24) is 14.9 Å². The molecule has 0 saturated carbocycles. The molecule has 2 amide bonds. The molecule has 0 aliphatic rings. The summed E-state index contributed by atoms with van der Waals surface area (Å²) in [6, 6.07) is 10.8. The van der Waals surface area contributed by atoms with E-state index in [1.165, 1.54) is 57.8 Å². The van der Waals surface area contributed by atoms with Crippen molar-refractivity contribution in [3.63, 3.8) is 0 Å². The molecule has 0 bridgehead atoms. The van der Waals surface area contributed by atoms with E-state index in [0.717, 1.165) is 40.3 Å². The third kappa shape index (κ3) is 16.6. The average Bonchev–Trinajstić information content (AvgIpc) is 3.07. The van der Waals surface area contributed by atoms with Crippen LogP contribution in [0.3, 0.4) is 0 Å². The number of nitrogens with one attached hydrogen (secondary N) is 2. The first-order chi connectivity index (χ1) is 23.2. The predicted octanol–water partition coefficient (Wildman–Crippen LogP) is 7.67. The Hall–Kier alpha value is -2.16. The number of carbonyl (C=O) groups excluding carboxylic acids is 2. The van der Waals surface area contributed by atoms with Gasteiger partial charge in [-0.15, -0.1) is 12.4 Å². The molecule has 0 atom stereocenters. The van der Waals surface area contributed by atoms with Gasteiger partial charge in [0.25, 0.3) is 0 Å². The Morgan fingerprint density at radius 3 is 2.20 bits per heavy atom. The molecule has 2 aromatic carbocycles. The van der Waals surface area contributed by atoms with Gasteiger partial charge in [0.2, 0.25) is 16.4 Å². The van der Waals surface area contributed by atoms with Gasteiger partial charge in [-0.05, 0) is 25.5 Å². The first kappa shape index (κ1) is 44.9. The zero-order chi connectivity index (χ0) is 35.2. The predicted molar refractivity (Wildman–Crippen MR) is 211 cm³/mol. The molecule has 2 aromatic rings. The molecular formula is C35H58ClN5O5S3. The number of unbranched alkanes of at least 4 members (excludes halogenated alkanes) is 9. The molecule has 0 unspecified atom stereocenters. The van der Waals surface area contributed by atoms with Gasteiger partial charge in [-0.25, -0.2) is 17.9 Å². The number of rotatable bonds is 26. The summed E-state index contributed by atoms with van der Waals surface area (Å²) in [7, 11) is 3.38. The van der Waals surface area contributed by atoms with E-state index >= 15 is 0 Å². The lowest BCUT2D eigenvalue weighted by Gasteiger charge is -2.21. The number of nitrogens with two attached hydrogens (primary N) is 1. The van der Waals surface area contributed by atoms with Gasteiger partial charge in [-0.1, -0.05) is 111 Å². The Morgan fingerprint density at radius 2 is 1.57 bits per heavy atom. The zero-order valence-corrected chi connectivity index (χ0v) is 33.0. The monoisotopic (exact) mass is 759 g/mol. The number of alkyl carbamates (subject to hydrolysis) is 1. The first-order valence-electron chi connectivity index (χ1n) is 17.2. The third-order valence-electron chi connectivity index (χ3n) is 7.95. The van der Waals surface area contributed by atoms with Crippen LogP contribution < -0.4 is 20.7 Å². The number of anilines is 1. The summed E-state index contributed by atoms with van der Waals surface area (Å²) in [6.45, 7) is 5.08. The topological polar surface area (TPSA) is 134 Å². The van der Waals surface area contributed by atoms with Gasteiger partial charge >= 0.3 is 6.09 Å². The van der Waals surface area contributed by atoms with Crippen LogP contribution in [0.5, 0.6) is 0 Å². The fraction of sp³-hybridized carbons (Fsp3) is 0.600. The van der Waals surface area contributed by atoms with Gasteiger partial charge < -0.3 is 25.6 Å². The molecule has 0 aliphatic heterocycles. The van der Waals surface area contributed by atoms with Crippen LogP contribution in [0.4, 0.5) is 10.5 Å². The molecule has 4 N–H and O–H groups in total. The van der Waals surface area contributed by atoms with E-state index in [1.54, 1.807) is 44.7 Å². The van der Waals surface area contributed by atoms with E-state index < -0.39 is 16.1 Å². The van der Waals surface area contributed by atoms with Crippen LogP contribution in [0.25, 0.3) is 10.8 Å². The van der Waals surface area contributed by atoms with Gasteiger partial charge in [-0.3, -0.25) is 4.79 Å².